The van der Waals surface area contributed by atoms with Gasteiger partial charge in [-0.1, -0.05) is 0 Å². The van der Waals surface area contributed by atoms with E-state index in [1.54, 1.807) is 0 Å². The van der Waals surface area contributed by atoms with E-state index in [1.807, 2.05) is 0 Å². The summed E-state index contributed by atoms with van der Waals surface area (Å²) in [5, 5.41) is 2.88. The number of carbonyl (C=O) groups is 1. The summed E-state index contributed by atoms with van der Waals surface area (Å²) in [4.78, 5) is 10.5. The molecule has 1 heterocycles. The van der Waals surface area contributed by atoms with Gasteiger partial charge in [-0.15, -0.1) is 0 Å². The maximum absolute atomic E-state index is 10.5. The number of hydrogen-bond acceptors (Lipinski definition) is 3. The average molecular weight is 144 g/mol. The lowest BCUT2D eigenvalue weighted by molar-refractivity contribution is -0.130. The standard InChI is InChI=1S/C6H12N2O2/c7-5(9)6-8-3-1-2-4-10-6/h6,8H,1-4H2,(H2,7,9). The first-order valence-electron chi connectivity index (χ1n) is 3.45. The van der Waals surface area contributed by atoms with Gasteiger partial charge < -0.3 is 10.5 Å². The summed E-state index contributed by atoms with van der Waals surface area (Å²) in [5.41, 5.74) is 5.01. The monoisotopic (exact) mass is 144 g/mol. The average Bonchev–Trinajstić information content (AvgIpc) is 2.12. The van der Waals surface area contributed by atoms with Gasteiger partial charge in [0, 0.05) is 6.61 Å². The third-order valence-electron chi connectivity index (χ3n) is 1.44. The van der Waals surface area contributed by atoms with Gasteiger partial charge >= 0.3 is 0 Å². The molecule has 1 amide bonds. The Kier molecular flexibility index (Phi) is 2.65. The van der Waals surface area contributed by atoms with E-state index in [0.29, 0.717) is 6.61 Å². The largest absolute Gasteiger partial charge is 0.366 e. The number of primary amides is 1. The van der Waals surface area contributed by atoms with Crippen molar-refractivity contribution in [1.82, 2.24) is 5.32 Å². The summed E-state index contributed by atoms with van der Waals surface area (Å²) in [6.45, 7) is 1.44. The second kappa shape index (κ2) is 3.53. The molecular weight excluding hydrogens is 132 g/mol. The molecule has 0 saturated carbocycles. The van der Waals surface area contributed by atoms with Crippen molar-refractivity contribution in [2.45, 2.75) is 19.1 Å². The molecule has 0 aromatic heterocycles. The summed E-state index contributed by atoms with van der Waals surface area (Å²) in [5.74, 6) is -0.429. The van der Waals surface area contributed by atoms with Crippen molar-refractivity contribution in [3.8, 4) is 0 Å². The van der Waals surface area contributed by atoms with Gasteiger partial charge in [-0.2, -0.15) is 0 Å². The highest BCUT2D eigenvalue weighted by molar-refractivity contribution is 5.78. The zero-order valence-corrected chi connectivity index (χ0v) is 5.80. The van der Waals surface area contributed by atoms with Crippen molar-refractivity contribution in [3.05, 3.63) is 0 Å². The smallest absolute Gasteiger partial charge is 0.261 e. The Balaban J connectivity index is 2.35. The maximum atomic E-state index is 10.5. The van der Waals surface area contributed by atoms with Crippen molar-refractivity contribution < 1.29 is 9.53 Å². The molecule has 0 aromatic carbocycles. The normalized spacial score (nSPS) is 27.4. The molecule has 58 valence electrons. The van der Waals surface area contributed by atoms with Gasteiger partial charge in [0.15, 0.2) is 6.23 Å². The van der Waals surface area contributed by atoms with E-state index < -0.39 is 12.1 Å². The van der Waals surface area contributed by atoms with Gasteiger partial charge in [-0.25, -0.2) is 0 Å². The summed E-state index contributed by atoms with van der Waals surface area (Å²) >= 11 is 0. The third kappa shape index (κ3) is 1.97. The second-order valence-corrected chi connectivity index (χ2v) is 2.31. The van der Waals surface area contributed by atoms with Crippen molar-refractivity contribution in [2.24, 2.45) is 5.73 Å². The Morgan fingerprint density at radius 3 is 3.10 bits per heavy atom. The number of carbonyl (C=O) groups excluding carboxylic acids is 1. The van der Waals surface area contributed by atoms with E-state index in [9.17, 15) is 4.79 Å². The van der Waals surface area contributed by atoms with Gasteiger partial charge in [0.05, 0.1) is 0 Å². The molecule has 0 radical (unpaired) electrons. The molecule has 0 aromatic rings. The molecule has 1 fully saturated rings. The maximum Gasteiger partial charge on any atom is 0.261 e. The molecule has 1 aliphatic rings. The van der Waals surface area contributed by atoms with Gasteiger partial charge in [-0.3, -0.25) is 10.1 Å². The van der Waals surface area contributed by atoms with Gasteiger partial charge in [0.1, 0.15) is 0 Å². The molecule has 1 aliphatic heterocycles. The van der Waals surface area contributed by atoms with E-state index in [1.165, 1.54) is 0 Å². The van der Waals surface area contributed by atoms with Gasteiger partial charge in [-0.05, 0) is 19.4 Å². The molecule has 1 atom stereocenters. The molecule has 1 unspecified atom stereocenters. The summed E-state index contributed by atoms with van der Waals surface area (Å²) < 4.78 is 5.08. The highest BCUT2D eigenvalue weighted by atomic mass is 16.5. The number of ether oxygens (including phenoxy) is 1. The highest BCUT2D eigenvalue weighted by Gasteiger charge is 2.16. The van der Waals surface area contributed by atoms with E-state index in [-0.39, 0.29) is 0 Å². The number of nitrogens with one attached hydrogen (secondary N) is 1. The molecule has 0 aliphatic carbocycles. The molecule has 0 spiro atoms. The van der Waals surface area contributed by atoms with Crippen LogP contribution in [0.5, 0.6) is 0 Å². The summed E-state index contributed by atoms with van der Waals surface area (Å²) in [6, 6.07) is 0. The SMILES string of the molecule is NC(=O)C1NCCCCO1. The minimum Gasteiger partial charge on any atom is -0.366 e. The fourth-order valence-corrected chi connectivity index (χ4v) is 0.903. The Morgan fingerprint density at radius 2 is 2.40 bits per heavy atom. The van der Waals surface area contributed by atoms with E-state index in [2.05, 4.69) is 5.32 Å². The van der Waals surface area contributed by atoms with Crippen LogP contribution in [0.15, 0.2) is 0 Å². The van der Waals surface area contributed by atoms with Crippen LogP contribution >= 0.6 is 0 Å². The van der Waals surface area contributed by atoms with Crippen LogP contribution in [0.4, 0.5) is 0 Å². The lowest BCUT2D eigenvalue weighted by atomic mass is 10.3. The molecule has 3 N–H and O–H groups in total. The second-order valence-electron chi connectivity index (χ2n) is 2.31. The van der Waals surface area contributed by atoms with E-state index >= 15 is 0 Å². The molecule has 0 bridgehead atoms. The zero-order valence-electron chi connectivity index (χ0n) is 5.80. The molecular formula is C6H12N2O2. The van der Waals surface area contributed by atoms with Crippen molar-refractivity contribution in [1.29, 1.82) is 0 Å². The predicted molar refractivity (Wildman–Crippen MR) is 36.2 cm³/mol. The van der Waals surface area contributed by atoms with Crippen LogP contribution in [0, 0.1) is 0 Å². The molecule has 10 heavy (non-hydrogen) atoms. The Hall–Kier alpha value is -0.610. The Labute approximate surface area is 59.7 Å². The van der Waals surface area contributed by atoms with Gasteiger partial charge in [0.2, 0.25) is 0 Å². The predicted octanol–water partition coefficient (Wildman–Crippen LogP) is -0.802. The van der Waals surface area contributed by atoms with Crippen LogP contribution in [-0.2, 0) is 9.53 Å². The van der Waals surface area contributed by atoms with Crippen LogP contribution in [-0.4, -0.2) is 25.3 Å². The Bertz CT molecular complexity index is 119. The molecule has 4 nitrogen and oxygen atoms in total. The lowest BCUT2D eigenvalue weighted by Crippen LogP contribution is -2.42. The molecule has 1 rings (SSSR count). The topological polar surface area (TPSA) is 64.4 Å². The first-order chi connectivity index (χ1) is 4.80. The fourth-order valence-electron chi connectivity index (χ4n) is 0.903. The molecule has 4 heteroatoms. The van der Waals surface area contributed by atoms with Crippen LogP contribution in [0.1, 0.15) is 12.8 Å². The number of rotatable bonds is 1. The quantitative estimate of drug-likeness (QED) is 0.506. The minimum absolute atomic E-state index is 0.429. The van der Waals surface area contributed by atoms with Crippen molar-refractivity contribution in [3.63, 3.8) is 0 Å². The lowest BCUT2D eigenvalue weighted by Gasteiger charge is -2.10. The summed E-state index contributed by atoms with van der Waals surface area (Å²) in [6.07, 6.45) is 1.48. The highest BCUT2D eigenvalue weighted by Crippen LogP contribution is 1.98. The summed E-state index contributed by atoms with van der Waals surface area (Å²) in [7, 11) is 0. The fraction of sp³-hybridized carbons (Fsp3) is 0.833. The van der Waals surface area contributed by atoms with Crippen LogP contribution in [0.3, 0.4) is 0 Å². The first-order valence-corrected chi connectivity index (χ1v) is 3.45. The van der Waals surface area contributed by atoms with Crippen LogP contribution < -0.4 is 11.1 Å². The van der Waals surface area contributed by atoms with E-state index in [4.69, 9.17) is 10.5 Å². The number of nitrogens with two attached hydrogens (primary N) is 1. The molecule has 1 saturated heterocycles. The van der Waals surface area contributed by atoms with Gasteiger partial charge in [0.25, 0.3) is 5.91 Å². The zero-order chi connectivity index (χ0) is 7.40. The minimum atomic E-state index is -0.567. The Morgan fingerprint density at radius 1 is 1.60 bits per heavy atom. The number of amides is 1. The van der Waals surface area contributed by atoms with Crippen LogP contribution in [0.25, 0.3) is 0 Å². The van der Waals surface area contributed by atoms with Crippen molar-refractivity contribution >= 4 is 5.91 Å². The van der Waals surface area contributed by atoms with E-state index in [0.717, 1.165) is 19.4 Å². The van der Waals surface area contributed by atoms with Crippen LogP contribution in [0.2, 0.25) is 0 Å². The number of hydrogen-bond donors (Lipinski definition) is 2. The van der Waals surface area contributed by atoms with Crippen molar-refractivity contribution in [2.75, 3.05) is 13.2 Å². The third-order valence-corrected chi connectivity index (χ3v) is 1.44. The first kappa shape index (κ1) is 7.50.